The molecule has 0 spiro atoms. The Kier molecular flexibility index (Phi) is 2.36. The van der Waals surface area contributed by atoms with Gasteiger partial charge in [-0.2, -0.15) is 0 Å². The highest BCUT2D eigenvalue weighted by Gasteiger charge is 2.27. The van der Waals surface area contributed by atoms with E-state index in [1.807, 2.05) is 31.2 Å². The predicted octanol–water partition coefficient (Wildman–Crippen LogP) is 3.33. The molecule has 1 aliphatic heterocycles. The summed E-state index contributed by atoms with van der Waals surface area (Å²) >= 11 is 0. The van der Waals surface area contributed by atoms with E-state index in [-0.39, 0.29) is 11.9 Å². The summed E-state index contributed by atoms with van der Waals surface area (Å²) in [6, 6.07) is 12.2. The minimum atomic E-state index is -0.0877. The molecule has 0 aliphatic carbocycles. The summed E-state index contributed by atoms with van der Waals surface area (Å²) in [7, 11) is 0. The predicted molar refractivity (Wildman–Crippen MR) is 67.1 cm³/mol. The summed E-state index contributed by atoms with van der Waals surface area (Å²) in [5.74, 6) is 0.655. The van der Waals surface area contributed by atoms with Crippen LogP contribution in [0.25, 0.3) is 10.8 Å². The lowest BCUT2D eigenvalue weighted by molar-refractivity contribution is -0.140. The van der Waals surface area contributed by atoms with Crippen LogP contribution in [0.2, 0.25) is 0 Å². The number of ether oxygens (including phenoxy) is 1. The van der Waals surface area contributed by atoms with Crippen molar-refractivity contribution in [3.63, 3.8) is 0 Å². The second-order valence-corrected chi connectivity index (χ2v) is 4.49. The van der Waals surface area contributed by atoms with Crippen LogP contribution in [0.1, 0.15) is 18.9 Å². The van der Waals surface area contributed by atoms with Crippen LogP contribution in [0, 0.1) is 5.92 Å². The van der Waals surface area contributed by atoms with Crippen molar-refractivity contribution >= 4 is 16.7 Å². The van der Waals surface area contributed by atoms with Gasteiger partial charge in [0.15, 0.2) is 0 Å². The Morgan fingerprint density at radius 2 is 2.06 bits per heavy atom. The van der Waals surface area contributed by atoms with Gasteiger partial charge in [-0.25, -0.2) is 0 Å². The Balaban J connectivity index is 2.20. The largest absolute Gasteiger partial charge is 0.426 e. The molecule has 86 valence electrons. The zero-order valence-corrected chi connectivity index (χ0v) is 9.77. The van der Waals surface area contributed by atoms with Crippen LogP contribution in [-0.4, -0.2) is 5.97 Å². The van der Waals surface area contributed by atoms with Gasteiger partial charge in [-0.05, 0) is 29.7 Å². The molecular weight excluding hydrogens is 212 g/mol. The second kappa shape index (κ2) is 3.88. The second-order valence-electron chi connectivity index (χ2n) is 4.49. The van der Waals surface area contributed by atoms with Crippen molar-refractivity contribution in [2.45, 2.75) is 19.8 Å². The molecule has 2 nitrogen and oxygen atoms in total. The summed E-state index contributed by atoms with van der Waals surface area (Å²) in [6.45, 7) is 2.03. The van der Waals surface area contributed by atoms with Gasteiger partial charge < -0.3 is 4.74 Å². The van der Waals surface area contributed by atoms with Gasteiger partial charge in [0, 0.05) is 5.56 Å². The topological polar surface area (TPSA) is 26.3 Å². The average Bonchev–Trinajstić information content (AvgIpc) is 2.37. The summed E-state index contributed by atoms with van der Waals surface area (Å²) in [5, 5.41) is 2.41. The molecule has 3 rings (SSSR count). The minimum absolute atomic E-state index is 0.00769. The summed E-state index contributed by atoms with van der Waals surface area (Å²) in [6.07, 6.45) is 1.63. The van der Waals surface area contributed by atoms with Gasteiger partial charge >= 0.3 is 5.97 Å². The maximum Gasteiger partial charge on any atom is 0.314 e. The number of hydrogen-bond donors (Lipinski definition) is 0. The summed E-state index contributed by atoms with van der Waals surface area (Å²) < 4.78 is 5.40. The highest BCUT2D eigenvalue weighted by Crippen LogP contribution is 2.34. The van der Waals surface area contributed by atoms with E-state index in [0.29, 0.717) is 0 Å². The summed E-state index contributed by atoms with van der Waals surface area (Å²) in [5.41, 5.74) is 1.18. The Hall–Kier alpha value is -1.83. The van der Waals surface area contributed by atoms with Gasteiger partial charge in [0.2, 0.25) is 0 Å². The van der Waals surface area contributed by atoms with Crippen molar-refractivity contribution in [1.82, 2.24) is 0 Å². The number of carbonyl (C=O) groups is 1. The zero-order chi connectivity index (χ0) is 11.8. The number of rotatable bonds is 1. The minimum Gasteiger partial charge on any atom is -0.426 e. The van der Waals surface area contributed by atoms with Crippen LogP contribution in [-0.2, 0) is 11.2 Å². The highest BCUT2D eigenvalue weighted by atomic mass is 16.5. The van der Waals surface area contributed by atoms with Crippen molar-refractivity contribution in [2.75, 3.05) is 0 Å². The maximum absolute atomic E-state index is 11.7. The van der Waals surface area contributed by atoms with Gasteiger partial charge in [0.25, 0.3) is 0 Å². The molecule has 0 N–H and O–H groups in total. The van der Waals surface area contributed by atoms with Gasteiger partial charge in [-0.15, -0.1) is 0 Å². The van der Waals surface area contributed by atoms with Crippen LogP contribution >= 0.6 is 0 Å². The Labute approximate surface area is 100 Å². The highest BCUT2D eigenvalue weighted by molar-refractivity contribution is 5.91. The molecule has 0 fully saturated rings. The van der Waals surface area contributed by atoms with Crippen LogP contribution in [0.15, 0.2) is 36.4 Å². The number of benzene rings is 2. The lowest BCUT2D eigenvalue weighted by Gasteiger charge is -2.23. The summed E-state index contributed by atoms with van der Waals surface area (Å²) in [4.78, 5) is 11.7. The number of carbonyl (C=O) groups excluding carboxylic acids is 1. The molecule has 0 saturated carbocycles. The van der Waals surface area contributed by atoms with Crippen LogP contribution in [0.3, 0.4) is 0 Å². The Morgan fingerprint density at radius 3 is 2.88 bits per heavy atom. The first kappa shape index (κ1) is 10.3. The van der Waals surface area contributed by atoms with Crippen molar-refractivity contribution in [3.05, 3.63) is 42.0 Å². The first-order valence-electron chi connectivity index (χ1n) is 6.02. The lowest BCUT2D eigenvalue weighted by atomic mass is 9.90. The third-order valence-corrected chi connectivity index (χ3v) is 3.48. The van der Waals surface area contributed by atoms with E-state index >= 15 is 0 Å². The normalized spacial score (nSPS) is 18.9. The fourth-order valence-electron chi connectivity index (χ4n) is 2.45. The van der Waals surface area contributed by atoms with Gasteiger partial charge in [-0.1, -0.05) is 37.3 Å². The lowest BCUT2D eigenvalue weighted by Crippen LogP contribution is -2.27. The number of esters is 1. The van der Waals surface area contributed by atoms with Crippen molar-refractivity contribution in [1.29, 1.82) is 0 Å². The molecule has 0 bridgehead atoms. The van der Waals surface area contributed by atoms with Crippen LogP contribution in [0.4, 0.5) is 0 Å². The third kappa shape index (κ3) is 1.60. The molecule has 1 heterocycles. The van der Waals surface area contributed by atoms with E-state index in [0.717, 1.165) is 18.6 Å². The number of fused-ring (bicyclic) bond motifs is 3. The molecule has 0 radical (unpaired) electrons. The molecule has 2 heteroatoms. The van der Waals surface area contributed by atoms with E-state index in [1.54, 1.807) is 0 Å². The van der Waals surface area contributed by atoms with Crippen molar-refractivity contribution in [3.8, 4) is 5.75 Å². The molecule has 2 aromatic carbocycles. The molecule has 0 amide bonds. The van der Waals surface area contributed by atoms with Gasteiger partial charge in [-0.3, -0.25) is 4.79 Å². The van der Waals surface area contributed by atoms with Crippen LogP contribution in [0.5, 0.6) is 5.75 Å². The Morgan fingerprint density at radius 1 is 1.24 bits per heavy atom. The molecule has 17 heavy (non-hydrogen) atoms. The van der Waals surface area contributed by atoms with E-state index in [2.05, 4.69) is 12.1 Å². The number of hydrogen-bond acceptors (Lipinski definition) is 2. The molecular formula is C15H14O2. The van der Waals surface area contributed by atoms with Crippen molar-refractivity contribution < 1.29 is 9.53 Å². The van der Waals surface area contributed by atoms with Gasteiger partial charge in [0.1, 0.15) is 5.75 Å². The smallest absolute Gasteiger partial charge is 0.314 e. The fourth-order valence-corrected chi connectivity index (χ4v) is 2.45. The zero-order valence-electron chi connectivity index (χ0n) is 9.77. The quantitative estimate of drug-likeness (QED) is 0.550. The van der Waals surface area contributed by atoms with Crippen molar-refractivity contribution in [2.24, 2.45) is 5.92 Å². The SMILES string of the molecule is CCC1Cc2c(ccc3ccccc23)OC1=O. The average molecular weight is 226 g/mol. The molecule has 1 unspecified atom stereocenters. The van der Waals surface area contributed by atoms with E-state index in [1.165, 1.54) is 16.3 Å². The van der Waals surface area contributed by atoms with Crippen LogP contribution < -0.4 is 4.74 Å². The molecule has 2 aromatic rings. The van der Waals surface area contributed by atoms with E-state index in [4.69, 9.17) is 4.74 Å². The third-order valence-electron chi connectivity index (χ3n) is 3.48. The molecule has 1 atom stereocenters. The monoisotopic (exact) mass is 226 g/mol. The fraction of sp³-hybridized carbons (Fsp3) is 0.267. The van der Waals surface area contributed by atoms with E-state index < -0.39 is 0 Å². The standard InChI is InChI=1S/C15H14O2/c1-2-10-9-13-12-6-4-3-5-11(12)7-8-14(13)17-15(10)16/h3-8,10H,2,9H2,1H3. The van der Waals surface area contributed by atoms with Gasteiger partial charge in [0.05, 0.1) is 5.92 Å². The first-order chi connectivity index (χ1) is 8.29. The Bertz CT molecular complexity index is 586. The van der Waals surface area contributed by atoms with E-state index in [9.17, 15) is 4.79 Å². The molecule has 1 aliphatic rings. The first-order valence-corrected chi connectivity index (χ1v) is 6.02. The molecule has 0 aromatic heterocycles. The molecule has 0 saturated heterocycles. The maximum atomic E-state index is 11.7.